The van der Waals surface area contributed by atoms with Gasteiger partial charge in [-0.05, 0) is 18.7 Å². The molecule has 0 spiro atoms. The van der Waals surface area contributed by atoms with Gasteiger partial charge in [0.25, 0.3) is 0 Å². The van der Waals surface area contributed by atoms with Crippen LogP contribution in [0, 0.1) is 13.1 Å². The van der Waals surface area contributed by atoms with Crippen LogP contribution in [0.25, 0.3) is 4.85 Å². The van der Waals surface area contributed by atoms with E-state index >= 15 is 0 Å². The maximum Gasteiger partial charge on any atom is 0.118 e. The van der Waals surface area contributed by atoms with Crippen LogP contribution in [0.15, 0.2) is 24.3 Å². The second-order valence-corrected chi connectivity index (χ2v) is 2.36. The quantitative estimate of drug-likeness (QED) is 0.619. The van der Waals surface area contributed by atoms with E-state index in [2.05, 4.69) is 4.85 Å². The lowest BCUT2D eigenvalue weighted by molar-refractivity contribution is 0.414. The Balaban J connectivity index is 2.60. The van der Waals surface area contributed by atoms with Gasteiger partial charge in [-0.1, -0.05) is 24.1 Å². The molecule has 0 saturated carbocycles. The van der Waals surface area contributed by atoms with Gasteiger partial charge in [-0.15, -0.1) is 0 Å². The normalized spacial score (nSPS) is 8.67. The van der Waals surface area contributed by atoms with Crippen molar-refractivity contribution in [2.24, 2.45) is 0 Å². The van der Waals surface area contributed by atoms with Crippen LogP contribution < -0.4 is 4.74 Å². The molecule has 0 atom stereocenters. The Morgan fingerprint density at radius 3 is 2.58 bits per heavy atom. The molecule has 0 bridgehead atoms. The zero-order chi connectivity index (χ0) is 8.81. The Hall–Kier alpha value is -1.62. The van der Waals surface area contributed by atoms with Gasteiger partial charge in [0.15, 0.2) is 0 Å². The molecule has 0 aliphatic carbocycles. The molecule has 0 aliphatic rings. The highest BCUT2D eigenvalue weighted by Crippen LogP contribution is 2.12. The second kappa shape index (κ2) is 4.30. The standard InChI is InChI=1S/C10H10NO/c1-11-8-7-9-3-5-10(12-2)6-4-9/h3-6,8H,7H2,2H3/q-1. The van der Waals surface area contributed by atoms with Crippen molar-refractivity contribution in [2.45, 2.75) is 6.42 Å². The number of benzene rings is 1. The summed E-state index contributed by atoms with van der Waals surface area (Å²) in [4.78, 5) is 3.17. The summed E-state index contributed by atoms with van der Waals surface area (Å²) in [6.45, 7) is 8.13. The lowest BCUT2D eigenvalue weighted by Crippen LogP contribution is -1.85. The third-order valence-electron chi connectivity index (χ3n) is 1.58. The van der Waals surface area contributed by atoms with E-state index in [0.29, 0.717) is 6.42 Å². The first-order valence-electron chi connectivity index (χ1n) is 3.68. The highest BCUT2D eigenvalue weighted by atomic mass is 16.5. The van der Waals surface area contributed by atoms with Crippen LogP contribution in [-0.4, -0.2) is 7.11 Å². The highest BCUT2D eigenvalue weighted by molar-refractivity contribution is 5.28. The van der Waals surface area contributed by atoms with Crippen LogP contribution in [-0.2, 0) is 6.42 Å². The van der Waals surface area contributed by atoms with Gasteiger partial charge in [0.1, 0.15) is 5.75 Å². The number of ether oxygens (including phenoxy) is 1. The molecule has 0 amide bonds. The number of hydrogen-bond donors (Lipinski definition) is 0. The Morgan fingerprint density at radius 2 is 2.08 bits per heavy atom. The summed E-state index contributed by atoms with van der Waals surface area (Å²) < 4.78 is 5.00. The van der Waals surface area contributed by atoms with Crippen molar-refractivity contribution in [3.63, 3.8) is 0 Å². The Morgan fingerprint density at radius 1 is 1.42 bits per heavy atom. The molecule has 1 aromatic carbocycles. The Bertz CT molecular complexity index is 271. The molecule has 0 radical (unpaired) electrons. The summed E-state index contributed by atoms with van der Waals surface area (Å²) in [5, 5.41) is 0. The van der Waals surface area contributed by atoms with Crippen LogP contribution >= 0.6 is 0 Å². The smallest absolute Gasteiger partial charge is 0.118 e. The van der Waals surface area contributed by atoms with Gasteiger partial charge in [-0.2, -0.15) is 0 Å². The van der Waals surface area contributed by atoms with Gasteiger partial charge >= 0.3 is 0 Å². The molecule has 12 heavy (non-hydrogen) atoms. The van der Waals surface area contributed by atoms with Crippen molar-refractivity contribution >= 4 is 0 Å². The van der Waals surface area contributed by atoms with Gasteiger partial charge in [0.05, 0.1) is 7.11 Å². The second-order valence-electron chi connectivity index (χ2n) is 2.36. The van der Waals surface area contributed by atoms with Crippen LogP contribution in [0.1, 0.15) is 5.56 Å². The molecule has 1 rings (SSSR count). The van der Waals surface area contributed by atoms with E-state index in [9.17, 15) is 0 Å². The zero-order valence-electron chi connectivity index (χ0n) is 6.95. The Kier molecular flexibility index (Phi) is 3.04. The molecule has 62 valence electrons. The van der Waals surface area contributed by atoms with Crippen LogP contribution in [0.3, 0.4) is 0 Å². The molecule has 1 aromatic rings. The molecule has 0 fully saturated rings. The van der Waals surface area contributed by atoms with E-state index in [0.717, 1.165) is 11.3 Å². The third-order valence-corrected chi connectivity index (χ3v) is 1.58. The van der Waals surface area contributed by atoms with Crippen LogP contribution in [0.5, 0.6) is 5.75 Å². The molecule has 2 heteroatoms. The summed E-state index contributed by atoms with van der Waals surface area (Å²) in [5.74, 6) is 0.849. The fraction of sp³-hybridized carbons (Fsp3) is 0.200. The number of nitrogens with zero attached hydrogens (tertiary/aromatic N) is 1. The van der Waals surface area contributed by atoms with E-state index < -0.39 is 0 Å². The molecular formula is C10H10NO-. The van der Waals surface area contributed by atoms with E-state index in [4.69, 9.17) is 11.3 Å². The van der Waals surface area contributed by atoms with Crippen molar-refractivity contribution in [2.75, 3.05) is 7.11 Å². The van der Waals surface area contributed by atoms with E-state index in [1.54, 1.807) is 13.7 Å². The van der Waals surface area contributed by atoms with Crippen molar-refractivity contribution < 1.29 is 4.74 Å². The zero-order valence-corrected chi connectivity index (χ0v) is 6.95. The third kappa shape index (κ3) is 2.21. The number of methoxy groups -OCH3 is 1. The summed E-state index contributed by atoms with van der Waals surface area (Å²) in [6, 6.07) is 7.71. The van der Waals surface area contributed by atoms with Gasteiger partial charge in [-0.3, -0.25) is 6.57 Å². The van der Waals surface area contributed by atoms with Crippen molar-refractivity contribution in [1.82, 2.24) is 0 Å². The number of hydrogen-bond acceptors (Lipinski definition) is 1. The average molecular weight is 160 g/mol. The fourth-order valence-electron chi connectivity index (χ4n) is 0.913. The van der Waals surface area contributed by atoms with Crippen molar-refractivity contribution in [3.8, 4) is 5.75 Å². The summed E-state index contributed by atoms with van der Waals surface area (Å²) in [6.07, 6.45) is 0.702. The monoisotopic (exact) mass is 160 g/mol. The molecule has 0 aliphatic heterocycles. The van der Waals surface area contributed by atoms with Gasteiger partial charge in [-0.25, -0.2) is 0 Å². The minimum Gasteiger partial charge on any atom is -0.497 e. The summed E-state index contributed by atoms with van der Waals surface area (Å²) in [5.41, 5.74) is 1.13. The predicted octanol–water partition coefficient (Wildman–Crippen LogP) is 2.32. The lowest BCUT2D eigenvalue weighted by atomic mass is 10.1. The predicted molar refractivity (Wildman–Crippen MR) is 47.6 cm³/mol. The highest BCUT2D eigenvalue weighted by Gasteiger charge is 1.90. The average Bonchev–Trinajstić information content (AvgIpc) is 2.15. The lowest BCUT2D eigenvalue weighted by Gasteiger charge is -2.02. The van der Waals surface area contributed by atoms with Gasteiger partial charge in [0.2, 0.25) is 0 Å². The first-order valence-corrected chi connectivity index (χ1v) is 3.68. The van der Waals surface area contributed by atoms with Gasteiger partial charge < -0.3 is 9.58 Å². The largest absolute Gasteiger partial charge is 0.497 e. The maximum atomic E-state index is 6.58. The molecular weight excluding hydrogens is 150 g/mol. The van der Waals surface area contributed by atoms with E-state index in [-0.39, 0.29) is 0 Å². The Labute approximate surface area is 72.6 Å². The molecule has 0 heterocycles. The SMILES string of the molecule is [C-]#[N+][CH-]Cc1ccc(OC)cc1. The minimum atomic E-state index is 0.702. The van der Waals surface area contributed by atoms with Crippen LogP contribution in [0.2, 0.25) is 0 Å². The first kappa shape index (κ1) is 8.48. The van der Waals surface area contributed by atoms with E-state index in [1.807, 2.05) is 24.3 Å². The van der Waals surface area contributed by atoms with Crippen molar-refractivity contribution in [1.29, 1.82) is 0 Å². The maximum absolute atomic E-state index is 6.58. The summed E-state index contributed by atoms with van der Waals surface area (Å²) in [7, 11) is 1.64. The summed E-state index contributed by atoms with van der Waals surface area (Å²) >= 11 is 0. The fourth-order valence-corrected chi connectivity index (χ4v) is 0.913. The van der Waals surface area contributed by atoms with E-state index in [1.165, 1.54) is 0 Å². The molecule has 0 saturated heterocycles. The molecule has 0 N–H and O–H groups in total. The van der Waals surface area contributed by atoms with Gasteiger partial charge in [0, 0.05) is 0 Å². The topological polar surface area (TPSA) is 13.6 Å². The van der Waals surface area contributed by atoms with Crippen LogP contribution in [0.4, 0.5) is 0 Å². The minimum absolute atomic E-state index is 0.702. The molecule has 0 unspecified atom stereocenters. The van der Waals surface area contributed by atoms with Crippen molar-refractivity contribution in [3.05, 3.63) is 47.8 Å². The molecule has 0 aromatic heterocycles. The molecule has 2 nitrogen and oxygen atoms in total. The first-order chi connectivity index (χ1) is 5.86. The number of rotatable bonds is 3.